The van der Waals surface area contributed by atoms with Crippen molar-refractivity contribution in [1.29, 1.82) is 0 Å². The second-order valence-corrected chi connectivity index (χ2v) is 9.19. The van der Waals surface area contributed by atoms with E-state index in [-0.39, 0.29) is 23.2 Å². The van der Waals surface area contributed by atoms with Crippen LogP contribution in [0.1, 0.15) is 36.8 Å². The van der Waals surface area contributed by atoms with E-state index in [2.05, 4.69) is 10.1 Å². The number of aryl methyl sites for hydroxylation is 1. The van der Waals surface area contributed by atoms with E-state index >= 15 is 0 Å². The van der Waals surface area contributed by atoms with Gasteiger partial charge in [0.05, 0.1) is 18.6 Å². The number of hydrogen-bond donors (Lipinski definition) is 0. The summed E-state index contributed by atoms with van der Waals surface area (Å²) >= 11 is 0. The monoisotopic (exact) mass is 415 g/mol. The van der Waals surface area contributed by atoms with Gasteiger partial charge in [0, 0.05) is 12.6 Å². The molecule has 0 atom stereocenters. The summed E-state index contributed by atoms with van der Waals surface area (Å²) < 4.78 is 37.9. The first-order valence-corrected chi connectivity index (χ1v) is 10.7. The van der Waals surface area contributed by atoms with Crippen LogP contribution in [0.5, 0.6) is 5.75 Å². The molecule has 0 N–H and O–H groups in total. The van der Waals surface area contributed by atoms with E-state index in [0.717, 1.165) is 16.7 Å². The number of aromatic nitrogens is 2. The summed E-state index contributed by atoms with van der Waals surface area (Å²) in [4.78, 5) is 4.56. The second kappa shape index (κ2) is 8.34. The van der Waals surface area contributed by atoms with E-state index in [1.54, 1.807) is 25.3 Å². The molecule has 0 spiro atoms. The summed E-state index contributed by atoms with van der Waals surface area (Å²) in [5.41, 5.74) is 2.70. The van der Waals surface area contributed by atoms with Gasteiger partial charge in [-0.2, -0.15) is 9.29 Å². The molecule has 3 aromatic rings. The standard InChI is InChI=1S/C21H25N3O4S/c1-14(2)18-12-16(10-11-19(18)27-5)29(25,26)24(4)13-20-22-21(23-28-20)17-9-7-6-8-15(17)3/h6-12,14H,13H2,1-5H3. The predicted octanol–water partition coefficient (Wildman–Crippen LogP) is 4.00. The molecule has 0 radical (unpaired) electrons. The first kappa shape index (κ1) is 21.0. The lowest BCUT2D eigenvalue weighted by molar-refractivity contribution is 0.336. The molecule has 154 valence electrons. The van der Waals surface area contributed by atoms with Crippen molar-refractivity contribution in [1.82, 2.24) is 14.4 Å². The molecule has 1 aromatic heterocycles. The van der Waals surface area contributed by atoms with Crippen LogP contribution >= 0.6 is 0 Å². The highest BCUT2D eigenvalue weighted by atomic mass is 32.2. The van der Waals surface area contributed by atoms with Crippen LogP contribution < -0.4 is 4.74 Å². The summed E-state index contributed by atoms with van der Waals surface area (Å²) in [6.07, 6.45) is 0. The molecule has 3 rings (SSSR count). The molecule has 0 aliphatic carbocycles. The lowest BCUT2D eigenvalue weighted by Crippen LogP contribution is -2.26. The largest absolute Gasteiger partial charge is 0.496 e. The fourth-order valence-electron chi connectivity index (χ4n) is 3.03. The fraction of sp³-hybridized carbons (Fsp3) is 0.333. The minimum Gasteiger partial charge on any atom is -0.496 e. The minimum absolute atomic E-state index is 0.0236. The van der Waals surface area contributed by atoms with Crippen LogP contribution in [0, 0.1) is 6.92 Å². The van der Waals surface area contributed by atoms with Gasteiger partial charge >= 0.3 is 0 Å². The van der Waals surface area contributed by atoms with Crippen molar-refractivity contribution in [2.24, 2.45) is 0 Å². The number of sulfonamides is 1. The Hall–Kier alpha value is -2.71. The summed E-state index contributed by atoms with van der Waals surface area (Å²) in [6, 6.07) is 12.6. The topological polar surface area (TPSA) is 85.5 Å². The van der Waals surface area contributed by atoms with Crippen molar-refractivity contribution >= 4 is 10.0 Å². The second-order valence-electron chi connectivity index (χ2n) is 7.15. The van der Waals surface area contributed by atoms with Crippen molar-refractivity contribution in [3.05, 3.63) is 59.5 Å². The zero-order valence-corrected chi connectivity index (χ0v) is 18.0. The van der Waals surface area contributed by atoms with Gasteiger partial charge in [-0.15, -0.1) is 0 Å². The van der Waals surface area contributed by atoms with Crippen molar-refractivity contribution in [2.45, 2.75) is 38.1 Å². The van der Waals surface area contributed by atoms with Crippen molar-refractivity contribution < 1.29 is 17.7 Å². The third kappa shape index (κ3) is 4.33. The first-order valence-electron chi connectivity index (χ1n) is 9.27. The van der Waals surface area contributed by atoms with Gasteiger partial charge in [0.2, 0.25) is 21.7 Å². The molecular formula is C21H25N3O4S. The van der Waals surface area contributed by atoms with Gasteiger partial charge in [-0.1, -0.05) is 43.3 Å². The number of rotatable bonds is 7. The number of methoxy groups -OCH3 is 1. The summed E-state index contributed by atoms with van der Waals surface area (Å²) in [5, 5.41) is 3.99. The van der Waals surface area contributed by atoms with Gasteiger partial charge in [-0.3, -0.25) is 0 Å². The number of hydrogen-bond acceptors (Lipinski definition) is 6. The molecular weight excluding hydrogens is 390 g/mol. The molecule has 0 aliphatic rings. The third-order valence-corrected chi connectivity index (χ3v) is 6.54. The molecule has 0 unspecified atom stereocenters. The van der Waals surface area contributed by atoms with Gasteiger partial charge < -0.3 is 9.26 Å². The lowest BCUT2D eigenvalue weighted by Gasteiger charge is -2.18. The Morgan fingerprint density at radius 3 is 2.55 bits per heavy atom. The molecule has 1 heterocycles. The summed E-state index contributed by atoms with van der Waals surface area (Å²) in [5.74, 6) is 1.46. The van der Waals surface area contributed by atoms with Gasteiger partial charge in [0.25, 0.3) is 0 Å². The quantitative estimate of drug-likeness (QED) is 0.580. The van der Waals surface area contributed by atoms with E-state index in [0.29, 0.717) is 11.6 Å². The Kier molecular flexibility index (Phi) is 6.04. The average molecular weight is 416 g/mol. The SMILES string of the molecule is COc1ccc(S(=O)(=O)N(C)Cc2nc(-c3ccccc3C)no2)cc1C(C)C. The van der Waals surface area contributed by atoms with E-state index in [1.165, 1.54) is 11.4 Å². The maximum absolute atomic E-state index is 13.0. The highest BCUT2D eigenvalue weighted by molar-refractivity contribution is 7.89. The Bertz CT molecular complexity index is 1110. The number of benzene rings is 2. The Labute approximate surface area is 171 Å². The minimum atomic E-state index is -3.73. The van der Waals surface area contributed by atoms with Crippen LogP contribution in [-0.4, -0.2) is 37.0 Å². The Morgan fingerprint density at radius 2 is 1.90 bits per heavy atom. The van der Waals surface area contributed by atoms with E-state index < -0.39 is 10.0 Å². The molecule has 0 aliphatic heterocycles. The normalized spacial score (nSPS) is 12.0. The first-order chi connectivity index (χ1) is 13.7. The molecule has 8 heteroatoms. The molecule has 0 saturated carbocycles. The molecule has 7 nitrogen and oxygen atoms in total. The average Bonchev–Trinajstić information content (AvgIpc) is 3.15. The summed E-state index contributed by atoms with van der Waals surface area (Å²) in [7, 11) is -0.667. The van der Waals surface area contributed by atoms with E-state index in [9.17, 15) is 8.42 Å². The van der Waals surface area contributed by atoms with Gasteiger partial charge in [0.15, 0.2) is 0 Å². The van der Waals surface area contributed by atoms with Gasteiger partial charge in [0.1, 0.15) is 5.75 Å². The zero-order chi connectivity index (χ0) is 21.2. The van der Waals surface area contributed by atoms with Crippen LogP contribution in [-0.2, 0) is 16.6 Å². The van der Waals surface area contributed by atoms with Crippen LogP contribution in [0.4, 0.5) is 0 Å². The van der Waals surface area contributed by atoms with Crippen molar-refractivity contribution in [2.75, 3.05) is 14.2 Å². The number of ether oxygens (including phenoxy) is 1. The van der Waals surface area contributed by atoms with Crippen molar-refractivity contribution in [3.63, 3.8) is 0 Å². The maximum atomic E-state index is 13.0. The van der Waals surface area contributed by atoms with E-state index in [4.69, 9.17) is 9.26 Å². The molecule has 2 aromatic carbocycles. The highest BCUT2D eigenvalue weighted by Gasteiger charge is 2.25. The van der Waals surface area contributed by atoms with Crippen LogP contribution in [0.25, 0.3) is 11.4 Å². The molecule has 0 saturated heterocycles. The Balaban J connectivity index is 1.85. The van der Waals surface area contributed by atoms with Gasteiger partial charge in [-0.25, -0.2) is 8.42 Å². The molecule has 29 heavy (non-hydrogen) atoms. The molecule has 0 fully saturated rings. The summed E-state index contributed by atoms with van der Waals surface area (Å²) in [6.45, 7) is 5.91. The smallest absolute Gasteiger partial charge is 0.243 e. The predicted molar refractivity (Wildman–Crippen MR) is 110 cm³/mol. The van der Waals surface area contributed by atoms with E-state index in [1.807, 2.05) is 45.0 Å². The molecule has 0 amide bonds. The lowest BCUT2D eigenvalue weighted by atomic mass is 10.0. The zero-order valence-electron chi connectivity index (χ0n) is 17.2. The van der Waals surface area contributed by atoms with Crippen LogP contribution in [0.15, 0.2) is 51.9 Å². The van der Waals surface area contributed by atoms with Crippen LogP contribution in [0.3, 0.4) is 0 Å². The fourth-order valence-corrected chi connectivity index (χ4v) is 4.19. The van der Waals surface area contributed by atoms with Crippen molar-refractivity contribution in [3.8, 4) is 17.1 Å². The molecule has 0 bridgehead atoms. The highest BCUT2D eigenvalue weighted by Crippen LogP contribution is 2.30. The third-order valence-electron chi connectivity index (χ3n) is 4.74. The Morgan fingerprint density at radius 1 is 1.17 bits per heavy atom. The van der Waals surface area contributed by atoms with Gasteiger partial charge in [-0.05, 0) is 42.2 Å². The number of nitrogens with zero attached hydrogens (tertiary/aromatic N) is 3. The maximum Gasteiger partial charge on any atom is 0.243 e. The van der Waals surface area contributed by atoms with Crippen LogP contribution in [0.2, 0.25) is 0 Å².